The SMILES string of the molecule is CCN(NC(=S)NC1CCCCC1)c1ccc(C)cc1. The Morgan fingerprint density at radius 3 is 2.45 bits per heavy atom. The number of thiocarbonyl (C=S) groups is 1. The molecule has 4 heteroatoms. The summed E-state index contributed by atoms with van der Waals surface area (Å²) in [6.07, 6.45) is 6.46. The molecule has 2 rings (SSSR count). The van der Waals surface area contributed by atoms with E-state index in [4.69, 9.17) is 12.2 Å². The number of nitrogens with zero attached hydrogens (tertiary/aromatic N) is 1. The molecular formula is C16H25N3S. The summed E-state index contributed by atoms with van der Waals surface area (Å²) in [5, 5.41) is 6.26. The van der Waals surface area contributed by atoms with Crippen LogP contribution in [0.4, 0.5) is 5.69 Å². The minimum absolute atomic E-state index is 0.542. The Hall–Kier alpha value is -1.29. The molecule has 110 valence electrons. The molecule has 0 amide bonds. The topological polar surface area (TPSA) is 27.3 Å². The fourth-order valence-electron chi connectivity index (χ4n) is 2.64. The van der Waals surface area contributed by atoms with Gasteiger partial charge in [-0.1, -0.05) is 37.0 Å². The van der Waals surface area contributed by atoms with E-state index in [2.05, 4.69) is 53.9 Å². The molecule has 3 nitrogen and oxygen atoms in total. The first-order valence-electron chi connectivity index (χ1n) is 7.60. The summed E-state index contributed by atoms with van der Waals surface area (Å²) in [4.78, 5) is 0. The lowest BCUT2D eigenvalue weighted by molar-refractivity contribution is 0.411. The lowest BCUT2D eigenvalue weighted by Gasteiger charge is -2.29. The first-order valence-corrected chi connectivity index (χ1v) is 8.01. The molecular weight excluding hydrogens is 266 g/mol. The molecule has 0 heterocycles. The molecule has 1 aliphatic carbocycles. The van der Waals surface area contributed by atoms with E-state index in [0.29, 0.717) is 6.04 Å². The van der Waals surface area contributed by atoms with E-state index in [9.17, 15) is 0 Å². The summed E-state index contributed by atoms with van der Waals surface area (Å²) in [5.41, 5.74) is 5.72. The van der Waals surface area contributed by atoms with Crippen LogP contribution in [0.5, 0.6) is 0 Å². The van der Waals surface area contributed by atoms with Gasteiger partial charge in [-0.05, 0) is 51.0 Å². The Bertz CT molecular complexity index is 424. The maximum atomic E-state index is 5.44. The fourth-order valence-corrected chi connectivity index (χ4v) is 2.91. The second-order valence-corrected chi connectivity index (χ2v) is 5.91. The summed E-state index contributed by atoms with van der Waals surface area (Å²) in [6.45, 7) is 5.09. The zero-order valence-electron chi connectivity index (χ0n) is 12.5. The van der Waals surface area contributed by atoms with E-state index in [-0.39, 0.29) is 0 Å². The summed E-state index contributed by atoms with van der Waals surface area (Å²) < 4.78 is 0. The number of hydrazine groups is 1. The lowest BCUT2D eigenvalue weighted by atomic mass is 9.96. The standard InChI is InChI=1S/C16H25N3S/c1-3-19(15-11-9-13(2)10-12-15)18-16(20)17-14-7-5-4-6-8-14/h9-12,14H,3-8H2,1-2H3,(H2,17,18,20). The fraction of sp³-hybridized carbons (Fsp3) is 0.562. The van der Waals surface area contributed by atoms with E-state index in [0.717, 1.165) is 17.3 Å². The minimum Gasteiger partial charge on any atom is -0.359 e. The summed E-state index contributed by atoms with van der Waals surface area (Å²) >= 11 is 5.44. The molecule has 1 aliphatic rings. The van der Waals surface area contributed by atoms with Crippen LogP contribution in [-0.2, 0) is 0 Å². The van der Waals surface area contributed by atoms with Gasteiger partial charge in [-0.3, -0.25) is 10.4 Å². The van der Waals surface area contributed by atoms with Gasteiger partial charge in [0.15, 0.2) is 5.11 Å². The van der Waals surface area contributed by atoms with Crippen LogP contribution in [0.25, 0.3) is 0 Å². The smallest absolute Gasteiger partial charge is 0.185 e. The van der Waals surface area contributed by atoms with Crippen molar-refractivity contribution in [1.29, 1.82) is 0 Å². The normalized spacial score (nSPS) is 15.7. The summed E-state index contributed by atoms with van der Waals surface area (Å²) in [5.74, 6) is 0. The summed E-state index contributed by atoms with van der Waals surface area (Å²) in [7, 11) is 0. The van der Waals surface area contributed by atoms with Crippen LogP contribution in [0.3, 0.4) is 0 Å². The molecule has 0 aliphatic heterocycles. The third kappa shape index (κ3) is 4.37. The van der Waals surface area contributed by atoms with Crippen LogP contribution in [0.1, 0.15) is 44.6 Å². The van der Waals surface area contributed by atoms with Crippen molar-refractivity contribution in [2.24, 2.45) is 0 Å². The highest BCUT2D eigenvalue weighted by Gasteiger charge is 2.15. The Labute approximate surface area is 127 Å². The second-order valence-electron chi connectivity index (χ2n) is 5.50. The number of nitrogens with one attached hydrogen (secondary N) is 2. The van der Waals surface area contributed by atoms with Crippen molar-refractivity contribution in [3.05, 3.63) is 29.8 Å². The van der Waals surface area contributed by atoms with E-state index >= 15 is 0 Å². The number of hydrogen-bond donors (Lipinski definition) is 2. The molecule has 1 saturated carbocycles. The van der Waals surface area contributed by atoms with Crippen LogP contribution in [0.15, 0.2) is 24.3 Å². The van der Waals surface area contributed by atoms with Gasteiger partial charge in [-0.2, -0.15) is 0 Å². The predicted octanol–water partition coefficient (Wildman–Crippen LogP) is 3.53. The third-order valence-electron chi connectivity index (χ3n) is 3.84. The molecule has 0 radical (unpaired) electrons. The Morgan fingerprint density at radius 2 is 1.85 bits per heavy atom. The maximum Gasteiger partial charge on any atom is 0.185 e. The average Bonchev–Trinajstić information content (AvgIpc) is 2.47. The van der Waals surface area contributed by atoms with Gasteiger partial charge in [-0.15, -0.1) is 0 Å². The molecule has 0 spiro atoms. The van der Waals surface area contributed by atoms with Crippen LogP contribution in [-0.4, -0.2) is 17.7 Å². The zero-order chi connectivity index (χ0) is 14.4. The largest absolute Gasteiger partial charge is 0.359 e. The first-order chi connectivity index (χ1) is 9.69. The molecule has 20 heavy (non-hydrogen) atoms. The molecule has 0 atom stereocenters. The van der Waals surface area contributed by atoms with Crippen LogP contribution < -0.4 is 15.8 Å². The van der Waals surface area contributed by atoms with Crippen molar-refractivity contribution >= 4 is 23.0 Å². The van der Waals surface area contributed by atoms with Gasteiger partial charge in [0.2, 0.25) is 0 Å². The Balaban J connectivity index is 1.88. The molecule has 0 aromatic heterocycles. The zero-order valence-corrected chi connectivity index (χ0v) is 13.3. The van der Waals surface area contributed by atoms with Gasteiger partial charge >= 0.3 is 0 Å². The molecule has 0 bridgehead atoms. The highest BCUT2D eigenvalue weighted by Crippen LogP contribution is 2.17. The molecule has 2 N–H and O–H groups in total. The van der Waals surface area contributed by atoms with Gasteiger partial charge in [0.1, 0.15) is 0 Å². The highest BCUT2D eigenvalue weighted by molar-refractivity contribution is 7.80. The average molecular weight is 291 g/mol. The molecule has 0 saturated heterocycles. The lowest BCUT2D eigenvalue weighted by Crippen LogP contribution is -2.50. The van der Waals surface area contributed by atoms with Gasteiger partial charge < -0.3 is 5.32 Å². The van der Waals surface area contributed by atoms with Crippen molar-refractivity contribution < 1.29 is 0 Å². The maximum absolute atomic E-state index is 5.44. The quantitative estimate of drug-likeness (QED) is 0.655. The Kier molecular flexibility index (Phi) is 5.65. The van der Waals surface area contributed by atoms with E-state index in [1.54, 1.807) is 0 Å². The second kappa shape index (κ2) is 7.48. The highest BCUT2D eigenvalue weighted by atomic mass is 32.1. The minimum atomic E-state index is 0.542. The van der Waals surface area contributed by atoms with Gasteiger partial charge in [0.05, 0.1) is 5.69 Å². The molecule has 1 fully saturated rings. The third-order valence-corrected chi connectivity index (χ3v) is 4.05. The number of anilines is 1. The van der Waals surface area contributed by atoms with E-state index in [1.165, 1.54) is 37.7 Å². The van der Waals surface area contributed by atoms with E-state index in [1.807, 2.05) is 0 Å². The number of rotatable bonds is 4. The predicted molar refractivity (Wildman–Crippen MR) is 89.9 cm³/mol. The van der Waals surface area contributed by atoms with Crippen LogP contribution in [0, 0.1) is 6.92 Å². The van der Waals surface area contributed by atoms with Gasteiger partial charge in [0.25, 0.3) is 0 Å². The number of hydrogen-bond acceptors (Lipinski definition) is 2. The molecule has 1 aromatic carbocycles. The van der Waals surface area contributed by atoms with Gasteiger partial charge in [0, 0.05) is 12.6 Å². The van der Waals surface area contributed by atoms with Crippen LogP contribution >= 0.6 is 12.2 Å². The number of benzene rings is 1. The van der Waals surface area contributed by atoms with Crippen molar-refractivity contribution in [3.8, 4) is 0 Å². The first kappa shape index (κ1) is 15.1. The van der Waals surface area contributed by atoms with Crippen LogP contribution in [0.2, 0.25) is 0 Å². The molecule has 1 aromatic rings. The van der Waals surface area contributed by atoms with E-state index < -0.39 is 0 Å². The van der Waals surface area contributed by atoms with Crippen molar-refractivity contribution in [2.45, 2.75) is 52.0 Å². The van der Waals surface area contributed by atoms with Crippen molar-refractivity contribution in [1.82, 2.24) is 10.7 Å². The van der Waals surface area contributed by atoms with Gasteiger partial charge in [-0.25, -0.2) is 0 Å². The van der Waals surface area contributed by atoms with Crippen molar-refractivity contribution in [2.75, 3.05) is 11.6 Å². The Morgan fingerprint density at radius 1 is 1.20 bits per heavy atom. The number of aryl methyl sites for hydroxylation is 1. The van der Waals surface area contributed by atoms with Crippen molar-refractivity contribution in [3.63, 3.8) is 0 Å². The summed E-state index contributed by atoms with van der Waals surface area (Å²) in [6, 6.07) is 9.03. The molecule has 0 unspecified atom stereocenters. The monoisotopic (exact) mass is 291 g/mol.